The molecule has 7 heteroatoms. The van der Waals surface area contributed by atoms with Crippen LogP contribution in [0.3, 0.4) is 0 Å². The van der Waals surface area contributed by atoms with Crippen LogP contribution in [0.25, 0.3) is 0 Å². The molecule has 0 aliphatic rings. The largest absolute Gasteiger partial charge is 0.374 e. The van der Waals surface area contributed by atoms with E-state index in [2.05, 4.69) is 29.4 Å². The van der Waals surface area contributed by atoms with Crippen LogP contribution >= 0.6 is 0 Å². The van der Waals surface area contributed by atoms with Gasteiger partial charge in [-0.25, -0.2) is 13.2 Å². The number of anilines is 3. The Morgan fingerprint density at radius 3 is 2.20 bits per heavy atom. The zero-order valence-corrected chi connectivity index (χ0v) is 14.1. The molecule has 25 heavy (non-hydrogen) atoms. The SMILES string of the molecule is CCN(CC)c1ccc(NC(=O)CNc2ccc(F)c(F)c2F)cc1. The summed E-state index contributed by atoms with van der Waals surface area (Å²) >= 11 is 0. The molecule has 0 heterocycles. The second kappa shape index (κ2) is 8.41. The van der Waals surface area contributed by atoms with Crippen molar-refractivity contribution in [2.24, 2.45) is 0 Å². The van der Waals surface area contributed by atoms with Gasteiger partial charge in [-0.1, -0.05) is 0 Å². The first-order valence-corrected chi connectivity index (χ1v) is 7.98. The van der Waals surface area contributed by atoms with Gasteiger partial charge >= 0.3 is 0 Å². The Balaban J connectivity index is 1.93. The van der Waals surface area contributed by atoms with Crippen LogP contribution in [0.2, 0.25) is 0 Å². The lowest BCUT2D eigenvalue weighted by Gasteiger charge is -2.21. The second-order valence-corrected chi connectivity index (χ2v) is 5.34. The average molecular weight is 351 g/mol. The molecule has 134 valence electrons. The van der Waals surface area contributed by atoms with E-state index < -0.39 is 23.4 Å². The van der Waals surface area contributed by atoms with E-state index in [9.17, 15) is 18.0 Å². The normalized spacial score (nSPS) is 10.4. The zero-order valence-electron chi connectivity index (χ0n) is 14.1. The van der Waals surface area contributed by atoms with E-state index in [-0.39, 0.29) is 12.2 Å². The fraction of sp³-hybridized carbons (Fsp3) is 0.278. The average Bonchev–Trinajstić information content (AvgIpc) is 2.61. The van der Waals surface area contributed by atoms with E-state index in [0.29, 0.717) is 5.69 Å². The Bertz CT molecular complexity index is 731. The molecular formula is C18H20F3N3O. The maximum absolute atomic E-state index is 13.5. The van der Waals surface area contributed by atoms with Gasteiger partial charge in [0.15, 0.2) is 17.5 Å². The highest BCUT2D eigenvalue weighted by atomic mass is 19.2. The molecule has 0 aromatic heterocycles. The number of carbonyl (C=O) groups excluding carboxylic acids is 1. The Morgan fingerprint density at radius 2 is 1.60 bits per heavy atom. The molecule has 0 bridgehead atoms. The van der Waals surface area contributed by atoms with E-state index in [1.807, 2.05) is 12.1 Å². The maximum Gasteiger partial charge on any atom is 0.243 e. The molecule has 0 aliphatic heterocycles. The Kier molecular flexibility index (Phi) is 6.27. The number of benzene rings is 2. The standard InChI is InChI=1S/C18H20F3N3O/c1-3-24(4-2)13-7-5-12(6-8-13)23-16(25)11-22-15-10-9-14(19)17(20)18(15)21/h5-10,22H,3-4,11H2,1-2H3,(H,23,25). The third-order valence-electron chi connectivity index (χ3n) is 3.75. The predicted octanol–water partition coefficient (Wildman–Crippen LogP) is 4.00. The Labute approximate surface area is 144 Å². The van der Waals surface area contributed by atoms with Gasteiger partial charge in [-0.2, -0.15) is 0 Å². The summed E-state index contributed by atoms with van der Waals surface area (Å²) < 4.78 is 39.5. The highest BCUT2D eigenvalue weighted by Gasteiger charge is 2.14. The van der Waals surface area contributed by atoms with Gasteiger partial charge in [-0.05, 0) is 50.2 Å². The summed E-state index contributed by atoms with van der Waals surface area (Å²) in [5, 5.41) is 5.10. The van der Waals surface area contributed by atoms with Gasteiger partial charge < -0.3 is 15.5 Å². The van der Waals surface area contributed by atoms with Crippen molar-refractivity contribution in [3.63, 3.8) is 0 Å². The summed E-state index contributed by atoms with van der Waals surface area (Å²) in [4.78, 5) is 14.1. The lowest BCUT2D eigenvalue weighted by Crippen LogP contribution is -2.23. The predicted molar refractivity (Wildman–Crippen MR) is 93.4 cm³/mol. The number of hydrogen-bond acceptors (Lipinski definition) is 3. The van der Waals surface area contributed by atoms with Crippen molar-refractivity contribution in [3.05, 3.63) is 53.8 Å². The Hall–Kier alpha value is -2.70. The highest BCUT2D eigenvalue weighted by Crippen LogP contribution is 2.20. The van der Waals surface area contributed by atoms with Crippen LogP contribution in [0.4, 0.5) is 30.2 Å². The van der Waals surface area contributed by atoms with Gasteiger partial charge in [0.1, 0.15) is 0 Å². The first kappa shape index (κ1) is 18.6. The number of carbonyl (C=O) groups is 1. The summed E-state index contributed by atoms with van der Waals surface area (Å²) in [6.07, 6.45) is 0. The minimum Gasteiger partial charge on any atom is -0.374 e. The number of rotatable bonds is 7. The quantitative estimate of drug-likeness (QED) is 0.741. The van der Waals surface area contributed by atoms with Gasteiger partial charge in [0.2, 0.25) is 5.91 Å². The van der Waals surface area contributed by atoms with E-state index in [1.54, 1.807) is 12.1 Å². The van der Waals surface area contributed by atoms with Crippen molar-refractivity contribution in [1.82, 2.24) is 0 Å². The van der Waals surface area contributed by atoms with Crippen LogP contribution in [0, 0.1) is 17.5 Å². The van der Waals surface area contributed by atoms with E-state index in [4.69, 9.17) is 0 Å². The van der Waals surface area contributed by atoms with Crippen molar-refractivity contribution in [3.8, 4) is 0 Å². The van der Waals surface area contributed by atoms with Gasteiger partial charge in [0.25, 0.3) is 0 Å². The molecule has 2 aromatic carbocycles. The lowest BCUT2D eigenvalue weighted by molar-refractivity contribution is -0.114. The molecule has 0 saturated heterocycles. The van der Waals surface area contributed by atoms with Gasteiger partial charge in [0.05, 0.1) is 12.2 Å². The van der Waals surface area contributed by atoms with Crippen molar-refractivity contribution < 1.29 is 18.0 Å². The number of amides is 1. The van der Waals surface area contributed by atoms with Gasteiger partial charge in [0, 0.05) is 24.5 Å². The third kappa shape index (κ3) is 4.65. The minimum absolute atomic E-state index is 0.272. The molecular weight excluding hydrogens is 331 g/mol. The molecule has 0 saturated carbocycles. The molecule has 0 fully saturated rings. The van der Waals surface area contributed by atoms with Gasteiger partial charge in [-0.3, -0.25) is 4.79 Å². The fourth-order valence-corrected chi connectivity index (χ4v) is 2.39. The maximum atomic E-state index is 13.5. The molecule has 0 atom stereocenters. The van der Waals surface area contributed by atoms with E-state index in [1.165, 1.54) is 0 Å². The molecule has 2 rings (SSSR count). The molecule has 0 unspecified atom stereocenters. The first-order valence-electron chi connectivity index (χ1n) is 7.98. The monoisotopic (exact) mass is 351 g/mol. The van der Waals surface area contributed by atoms with E-state index >= 15 is 0 Å². The molecule has 0 radical (unpaired) electrons. The van der Waals surface area contributed by atoms with E-state index in [0.717, 1.165) is 30.9 Å². The first-order chi connectivity index (χ1) is 12.0. The van der Waals surface area contributed by atoms with Crippen LogP contribution in [-0.2, 0) is 4.79 Å². The molecule has 2 aromatic rings. The van der Waals surface area contributed by atoms with Crippen molar-refractivity contribution >= 4 is 23.0 Å². The molecule has 1 amide bonds. The van der Waals surface area contributed by atoms with Gasteiger partial charge in [-0.15, -0.1) is 0 Å². The lowest BCUT2D eigenvalue weighted by atomic mass is 10.2. The molecule has 0 spiro atoms. The fourth-order valence-electron chi connectivity index (χ4n) is 2.39. The summed E-state index contributed by atoms with van der Waals surface area (Å²) in [5.41, 5.74) is 1.37. The second-order valence-electron chi connectivity index (χ2n) is 5.34. The number of nitrogens with one attached hydrogen (secondary N) is 2. The number of hydrogen-bond donors (Lipinski definition) is 2. The smallest absolute Gasteiger partial charge is 0.243 e. The molecule has 2 N–H and O–H groups in total. The van der Waals surface area contributed by atoms with Crippen molar-refractivity contribution in [2.75, 3.05) is 35.2 Å². The highest BCUT2D eigenvalue weighted by molar-refractivity contribution is 5.93. The van der Waals surface area contributed by atoms with Crippen LogP contribution in [0.15, 0.2) is 36.4 Å². The zero-order chi connectivity index (χ0) is 18.4. The topological polar surface area (TPSA) is 44.4 Å². The summed E-state index contributed by atoms with van der Waals surface area (Å²) in [6.45, 7) is 5.60. The van der Waals surface area contributed by atoms with Crippen LogP contribution in [0.5, 0.6) is 0 Å². The van der Waals surface area contributed by atoms with Crippen LogP contribution in [-0.4, -0.2) is 25.5 Å². The Morgan fingerprint density at radius 1 is 0.960 bits per heavy atom. The number of nitrogens with zero attached hydrogens (tertiary/aromatic N) is 1. The molecule has 0 aliphatic carbocycles. The van der Waals surface area contributed by atoms with Crippen molar-refractivity contribution in [2.45, 2.75) is 13.8 Å². The third-order valence-corrected chi connectivity index (χ3v) is 3.75. The van der Waals surface area contributed by atoms with Crippen molar-refractivity contribution in [1.29, 1.82) is 0 Å². The minimum atomic E-state index is -1.57. The summed E-state index contributed by atoms with van der Waals surface area (Å²) in [6, 6.07) is 9.16. The summed E-state index contributed by atoms with van der Waals surface area (Å²) in [5.74, 6) is -4.63. The summed E-state index contributed by atoms with van der Waals surface area (Å²) in [7, 11) is 0. The van der Waals surface area contributed by atoms with Crippen LogP contribution < -0.4 is 15.5 Å². The van der Waals surface area contributed by atoms with Crippen LogP contribution in [0.1, 0.15) is 13.8 Å². The molecule has 4 nitrogen and oxygen atoms in total. The number of halogens is 3.